The minimum absolute atomic E-state index is 0. The molecule has 2 rings (SSSR count). The number of nitrogens with one attached hydrogen (secondary N) is 1. The van der Waals surface area contributed by atoms with Crippen molar-refractivity contribution in [3.63, 3.8) is 0 Å². The van der Waals surface area contributed by atoms with Crippen LogP contribution in [0.3, 0.4) is 0 Å². The van der Waals surface area contributed by atoms with E-state index < -0.39 is 17.9 Å². The average Bonchev–Trinajstić information content (AvgIpc) is 2.14. The smallest absolute Gasteiger partial charge is 0.485 e. The summed E-state index contributed by atoms with van der Waals surface area (Å²) < 4.78 is 57.9. The summed E-state index contributed by atoms with van der Waals surface area (Å²) in [6, 6.07) is 2.67. The molecule has 1 aliphatic heterocycles. The van der Waals surface area contributed by atoms with Crippen molar-refractivity contribution < 1.29 is 27.0 Å². The van der Waals surface area contributed by atoms with Gasteiger partial charge in [-0.2, -0.15) is 0 Å². The van der Waals surface area contributed by atoms with Crippen LogP contribution in [0.4, 0.5) is 17.6 Å². The fourth-order valence-corrected chi connectivity index (χ4v) is 1.30. The summed E-state index contributed by atoms with van der Waals surface area (Å²) in [5.41, 5.74) is 0. The number of ether oxygens (including phenoxy) is 2. The predicted molar refractivity (Wildman–Crippen MR) is 57.6 cm³/mol. The molecule has 0 radical (unpaired) electrons. The minimum Gasteiger partial charge on any atom is -0.485 e. The van der Waals surface area contributed by atoms with Crippen molar-refractivity contribution >= 4 is 12.4 Å². The number of halogens is 5. The monoisotopic (exact) mass is 287 g/mol. The average molecular weight is 288 g/mol. The van der Waals surface area contributed by atoms with Crippen LogP contribution < -0.4 is 14.8 Å². The number of alkyl halides is 3. The van der Waals surface area contributed by atoms with E-state index in [9.17, 15) is 17.6 Å². The van der Waals surface area contributed by atoms with Crippen LogP contribution in [0.1, 0.15) is 0 Å². The lowest BCUT2D eigenvalue weighted by Gasteiger charge is -2.28. The molecule has 0 bridgehead atoms. The topological polar surface area (TPSA) is 30.5 Å². The van der Waals surface area contributed by atoms with Gasteiger partial charge >= 0.3 is 6.36 Å². The van der Waals surface area contributed by atoms with Gasteiger partial charge in [-0.3, -0.25) is 0 Å². The van der Waals surface area contributed by atoms with Crippen LogP contribution in [0.15, 0.2) is 18.2 Å². The first-order valence-corrected chi connectivity index (χ1v) is 4.87. The lowest BCUT2D eigenvalue weighted by molar-refractivity contribution is -0.274. The van der Waals surface area contributed by atoms with Crippen molar-refractivity contribution in [2.24, 2.45) is 0 Å². The molecule has 1 heterocycles. The molecule has 0 unspecified atom stereocenters. The third kappa shape index (κ3) is 3.92. The van der Waals surface area contributed by atoms with E-state index in [0.29, 0.717) is 13.1 Å². The van der Waals surface area contributed by atoms with Crippen LogP contribution in [0.25, 0.3) is 0 Å². The van der Waals surface area contributed by atoms with Crippen LogP contribution in [0.2, 0.25) is 0 Å². The zero-order chi connectivity index (χ0) is 12.5. The molecule has 1 fully saturated rings. The highest BCUT2D eigenvalue weighted by Crippen LogP contribution is 2.29. The molecule has 1 aliphatic rings. The molecule has 1 aromatic rings. The highest BCUT2D eigenvalue weighted by atomic mass is 35.5. The van der Waals surface area contributed by atoms with Gasteiger partial charge in [0.2, 0.25) is 0 Å². The summed E-state index contributed by atoms with van der Waals surface area (Å²) in [5, 5.41) is 2.90. The van der Waals surface area contributed by atoms with Gasteiger partial charge in [-0.05, 0) is 12.1 Å². The molecule has 1 N–H and O–H groups in total. The first-order chi connectivity index (χ1) is 7.94. The second-order valence-corrected chi connectivity index (χ2v) is 3.54. The molecule has 102 valence electrons. The minimum atomic E-state index is -4.80. The van der Waals surface area contributed by atoms with Crippen LogP contribution >= 0.6 is 12.4 Å². The van der Waals surface area contributed by atoms with Gasteiger partial charge in [-0.1, -0.05) is 0 Å². The standard InChI is InChI=1S/C10H9F4NO2.ClH/c11-8-2-1-6(17-10(12,13)14)3-9(8)16-7-4-15-5-7;/h1-3,7,15H,4-5H2;1H. The lowest BCUT2D eigenvalue weighted by atomic mass is 10.2. The van der Waals surface area contributed by atoms with Crippen LogP contribution in [0.5, 0.6) is 11.5 Å². The molecule has 8 heteroatoms. The van der Waals surface area contributed by atoms with Crippen molar-refractivity contribution in [1.29, 1.82) is 0 Å². The van der Waals surface area contributed by atoms with Crippen molar-refractivity contribution in [1.82, 2.24) is 5.32 Å². The largest absolute Gasteiger partial charge is 0.573 e. The van der Waals surface area contributed by atoms with E-state index in [0.717, 1.165) is 18.2 Å². The third-order valence-electron chi connectivity index (χ3n) is 2.17. The highest BCUT2D eigenvalue weighted by molar-refractivity contribution is 5.85. The maximum absolute atomic E-state index is 13.2. The van der Waals surface area contributed by atoms with E-state index in [1.54, 1.807) is 0 Å². The summed E-state index contributed by atoms with van der Waals surface area (Å²) in [7, 11) is 0. The van der Waals surface area contributed by atoms with Crippen molar-refractivity contribution in [3.05, 3.63) is 24.0 Å². The van der Waals surface area contributed by atoms with Gasteiger partial charge in [0.25, 0.3) is 0 Å². The predicted octanol–water partition coefficient (Wildman–Crippen LogP) is 2.50. The SMILES string of the molecule is Cl.Fc1ccc(OC(F)(F)F)cc1OC1CNC1. The molecule has 0 aromatic heterocycles. The van der Waals surface area contributed by atoms with Gasteiger partial charge < -0.3 is 14.8 Å². The van der Waals surface area contributed by atoms with Crippen molar-refractivity contribution in [3.8, 4) is 11.5 Å². The second-order valence-electron chi connectivity index (χ2n) is 3.54. The Labute approximate surface area is 106 Å². The first kappa shape index (κ1) is 14.8. The molecule has 0 amide bonds. The number of hydrogen-bond acceptors (Lipinski definition) is 3. The highest BCUT2D eigenvalue weighted by Gasteiger charge is 2.31. The third-order valence-corrected chi connectivity index (χ3v) is 2.17. The Kier molecular flexibility index (Phi) is 4.64. The quantitative estimate of drug-likeness (QED) is 0.867. The molecule has 0 spiro atoms. The van der Waals surface area contributed by atoms with E-state index >= 15 is 0 Å². The van der Waals surface area contributed by atoms with Gasteiger partial charge in [0.05, 0.1) is 0 Å². The maximum Gasteiger partial charge on any atom is 0.573 e. The lowest BCUT2D eigenvalue weighted by Crippen LogP contribution is -2.50. The van der Waals surface area contributed by atoms with Crippen LogP contribution in [-0.2, 0) is 0 Å². The summed E-state index contributed by atoms with van der Waals surface area (Å²) in [5.74, 6) is -1.45. The first-order valence-electron chi connectivity index (χ1n) is 4.87. The number of rotatable bonds is 3. The molecular weight excluding hydrogens is 278 g/mol. The van der Waals surface area contributed by atoms with Crippen molar-refractivity contribution in [2.75, 3.05) is 13.1 Å². The Balaban J connectivity index is 0.00000162. The summed E-state index contributed by atoms with van der Waals surface area (Å²) >= 11 is 0. The van der Waals surface area contributed by atoms with Crippen LogP contribution in [0, 0.1) is 5.82 Å². The van der Waals surface area contributed by atoms with E-state index in [1.165, 1.54) is 0 Å². The Bertz CT molecular complexity index is 409. The zero-order valence-corrected chi connectivity index (χ0v) is 9.78. The van der Waals surface area contributed by atoms with Gasteiger partial charge in [-0.25, -0.2) is 4.39 Å². The Morgan fingerprint density at radius 3 is 2.39 bits per heavy atom. The molecule has 0 saturated carbocycles. The number of benzene rings is 1. The van der Waals surface area contributed by atoms with Crippen LogP contribution in [-0.4, -0.2) is 25.6 Å². The summed E-state index contributed by atoms with van der Waals surface area (Å²) in [6.07, 6.45) is -5.02. The second kappa shape index (κ2) is 5.62. The Morgan fingerprint density at radius 1 is 1.22 bits per heavy atom. The Hall–Kier alpha value is -1.21. The fraction of sp³-hybridized carbons (Fsp3) is 0.400. The molecule has 0 atom stereocenters. The molecule has 18 heavy (non-hydrogen) atoms. The van der Waals surface area contributed by atoms with E-state index in [2.05, 4.69) is 10.1 Å². The maximum atomic E-state index is 13.2. The van der Waals surface area contributed by atoms with Crippen molar-refractivity contribution in [2.45, 2.75) is 12.5 Å². The normalized spacial score (nSPS) is 15.6. The Morgan fingerprint density at radius 2 is 1.89 bits per heavy atom. The van der Waals surface area contributed by atoms with Gasteiger partial charge in [0.15, 0.2) is 11.6 Å². The van der Waals surface area contributed by atoms with E-state index in [-0.39, 0.29) is 24.3 Å². The van der Waals surface area contributed by atoms with E-state index in [1.807, 2.05) is 0 Å². The fourth-order valence-electron chi connectivity index (χ4n) is 1.30. The molecular formula is C10H10ClF4NO2. The van der Waals surface area contributed by atoms with Gasteiger partial charge in [0.1, 0.15) is 11.9 Å². The summed E-state index contributed by atoms with van der Waals surface area (Å²) in [4.78, 5) is 0. The summed E-state index contributed by atoms with van der Waals surface area (Å²) in [6.45, 7) is 1.09. The molecule has 1 aromatic carbocycles. The zero-order valence-electron chi connectivity index (χ0n) is 8.96. The molecule has 0 aliphatic carbocycles. The van der Waals surface area contributed by atoms with Gasteiger partial charge in [0, 0.05) is 19.2 Å². The molecule has 1 saturated heterocycles. The number of hydrogen-bond donors (Lipinski definition) is 1. The molecule has 3 nitrogen and oxygen atoms in total. The van der Waals surface area contributed by atoms with Gasteiger partial charge in [-0.15, -0.1) is 25.6 Å². The van der Waals surface area contributed by atoms with E-state index in [4.69, 9.17) is 4.74 Å².